The minimum absolute atomic E-state index is 0. The van der Waals surface area contributed by atoms with Crippen LogP contribution in [0.15, 0.2) is 29.3 Å². The third-order valence-electron chi connectivity index (χ3n) is 2.49. The SMILES string of the molecule is CCCNC(=NC)NCCOc1ccc(OC)cc1.I. The molecular weight excluding hydrogens is 369 g/mol. The summed E-state index contributed by atoms with van der Waals surface area (Å²) in [5.74, 6) is 2.47. The Morgan fingerprint density at radius 2 is 1.70 bits per heavy atom. The van der Waals surface area contributed by atoms with Crippen molar-refractivity contribution < 1.29 is 9.47 Å². The van der Waals surface area contributed by atoms with Crippen molar-refractivity contribution in [3.05, 3.63) is 24.3 Å². The molecule has 20 heavy (non-hydrogen) atoms. The molecule has 0 atom stereocenters. The number of nitrogens with one attached hydrogen (secondary N) is 2. The Hall–Kier alpha value is -1.18. The van der Waals surface area contributed by atoms with E-state index >= 15 is 0 Å². The highest BCUT2D eigenvalue weighted by Crippen LogP contribution is 2.16. The number of methoxy groups -OCH3 is 1. The lowest BCUT2D eigenvalue weighted by atomic mass is 10.3. The molecular formula is C14H24IN3O2. The van der Waals surface area contributed by atoms with Gasteiger partial charge >= 0.3 is 0 Å². The second kappa shape index (κ2) is 11.6. The third-order valence-corrected chi connectivity index (χ3v) is 2.49. The first kappa shape index (κ1) is 18.8. The van der Waals surface area contributed by atoms with E-state index in [4.69, 9.17) is 9.47 Å². The molecule has 0 aliphatic carbocycles. The summed E-state index contributed by atoms with van der Waals surface area (Å²) in [5.41, 5.74) is 0. The molecule has 0 unspecified atom stereocenters. The van der Waals surface area contributed by atoms with Gasteiger partial charge in [0.25, 0.3) is 0 Å². The normalized spacial score (nSPS) is 10.4. The van der Waals surface area contributed by atoms with E-state index in [0.29, 0.717) is 13.2 Å². The van der Waals surface area contributed by atoms with Crippen molar-refractivity contribution in [3.8, 4) is 11.5 Å². The van der Waals surface area contributed by atoms with E-state index < -0.39 is 0 Å². The molecule has 0 heterocycles. The highest BCUT2D eigenvalue weighted by atomic mass is 127. The van der Waals surface area contributed by atoms with Crippen molar-refractivity contribution in [1.82, 2.24) is 10.6 Å². The van der Waals surface area contributed by atoms with Gasteiger partial charge in [0.2, 0.25) is 0 Å². The van der Waals surface area contributed by atoms with Crippen molar-refractivity contribution in [1.29, 1.82) is 0 Å². The maximum absolute atomic E-state index is 5.60. The van der Waals surface area contributed by atoms with Gasteiger partial charge in [0.15, 0.2) is 5.96 Å². The van der Waals surface area contributed by atoms with E-state index in [-0.39, 0.29) is 24.0 Å². The van der Waals surface area contributed by atoms with Crippen molar-refractivity contribution >= 4 is 29.9 Å². The fourth-order valence-electron chi connectivity index (χ4n) is 1.47. The average Bonchev–Trinajstić information content (AvgIpc) is 2.47. The Morgan fingerprint density at radius 1 is 1.10 bits per heavy atom. The lowest BCUT2D eigenvalue weighted by molar-refractivity contribution is 0.321. The smallest absolute Gasteiger partial charge is 0.191 e. The van der Waals surface area contributed by atoms with Crippen LogP contribution in [0.4, 0.5) is 0 Å². The number of hydrogen-bond donors (Lipinski definition) is 2. The molecule has 5 nitrogen and oxygen atoms in total. The van der Waals surface area contributed by atoms with Crippen LogP contribution in [-0.2, 0) is 0 Å². The summed E-state index contributed by atoms with van der Waals surface area (Å²) in [6, 6.07) is 7.54. The number of benzene rings is 1. The first-order valence-corrected chi connectivity index (χ1v) is 6.51. The largest absolute Gasteiger partial charge is 0.497 e. The first-order chi connectivity index (χ1) is 9.30. The summed E-state index contributed by atoms with van der Waals surface area (Å²) in [6.07, 6.45) is 1.07. The number of ether oxygens (including phenoxy) is 2. The zero-order chi connectivity index (χ0) is 13.9. The summed E-state index contributed by atoms with van der Waals surface area (Å²) in [7, 11) is 3.41. The lowest BCUT2D eigenvalue weighted by Crippen LogP contribution is -2.39. The molecule has 0 radical (unpaired) electrons. The van der Waals surface area contributed by atoms with Crippen LogP contribution in [0.5, 0.6) is 11.5 Å². The molecule has 0 spiro atoms. The van der Waals surface area contributed by atoms with E-state index in [9.17, 15) is 0 Å². The van der Waals surface area contributed by atoms with Crippen LogP contribution in [0.3, 0.4) is 0 Å². The van der Waals surface area contributed by atoms with Crippen LogP contribution in [-0.4, -0.2) is 39.8 Å². The number of nitrogens with zero attached hydrogens (tertiary/aromatic N) is 1. The van der Waals surface area contributed by atoms with E-state index in [1.54, 1.807) is 14.2 Å². The fourth-order valence-corrected chi connectivity index (χ4v) is 1.47. The number of halogens is 1. The van der Waals surface area contributed by atoms with Gasteiger partial charge in [-0.1, -0.05) is 6.92 Å². The van der Waals surface area contributed by atoms with Crippen molar-refractivity contribution in [2.24, 2.45) is 4.99 Å². The molecule has 0 aromatic heterocycles. The van der Waals surface area contributed by atoms with Crippen LogP contribution < -0.4 is 20.1 Å². The first-order valence-electron chi connectivity index (χ1n) is 6.51. The van der Waals surface area contributed by atoms with Crippen LogP contribution in [0, 0.1) is 0 Å². The quantitative estimate of drug-likeness (QED) is 0.323. The second-order valence-corrected chi connectivity index (χ2v) is 3.95. The van der Waals surface area contributed by atoms with Crippen molar-refractivity contribution in [3.63, 3.8) is 0 Å². The monoisotopic (exact) mass is 393 g/mol. The van der Waals surface area contributed by atoms with Gasteiger partial charge in [-0.2, -0.15) is 0 Å². The molecule has 0 saturated carbocycles. The summed E-state index contributed by atoms with van der Waals surface area (Å²) >= 11 is 0. The predicted molar refractivity (Wildman–Crippen MR) is 93.6 cm³/mol. The highest BCUT2D eigenvalue weighted by molar-refractivity contribution is 14.0. The van der Waals surface area contributed by atoms with E-state index in [1.165, 1.54) is 0 Å². The van der Waals surface area contributed by atoms with Crippen LogP contribution in [0.25, 0.3) is 0 Å². The summed E-state index contributed by atoms with van der Waals surface area (Å²) < 4.78 is 10.7. The van der Waals surface area contributed by atoms with Gasteiger partial charge in [-0.25, -0.2) is 0 Å². The summed E-state index contributed by atoms with van der Waals surface area (Å²) in [4.78, 5) is 4.12. The maximum Gasteiger partial charge on any atom is 0.191 e. The topological polar surface area (TPSA) is 54.9 Å². The fraction of sp³-hybridized carbons (Fsp3) is 0.500. The standard InChI is InChI=1S/C14H23N3O2.HI/c1-4-9-16-14(15-2)17-10-11-19-13-7-5-12(18-3)6-8-13;/h5-8H,4,9-11H2,1-3H3,(H2,15,16,17);1H. The molecule has 0 fully saturated rings. The average molecular weight is 393 g/mol. The second-order valence-electron chi connectivity index (χ2n) is 3.95. The molecule has 1 aromatic carbocycles. The number of hydrogen-bond acceptors (Lipinski definition) is 3. The van der Waals surface area contributed by atoms with Gasteiger partial charge in [-0.3, -0.25) is 4.99 Å². The van der Waals surface area contributed by atoms with E-state index in [1.807, 2.05) is 24.3 Å². The zero-order valence-corrected chi connectivity index (χ0v) is 14.6. The molecule has 2 N–H and O–H groups in total. The Morgan fingerprint density at radius 3 is 2.25 bits per heavy atom. The molecule has 0 bridgehead atoms. The molecule has 0 saturated heterocycles. The van der Waals surface area contributed by atoms with Crippen LogP contribution >= 0.6 is 24.0 Å². The third kappa shape index (κ3) is 7.42. The molecule has 1 aromatic rings. The molecule has 0 aliphatic heterocycles. The maximum atomic E-state index is 5.60. The van der Waals surface area contributed by atoms with Gasteiger partial charge in [0.1, 0.15) is 18.1 Å². The van der Waals surface area contributed by atoms with Gasteiger partial charge in [-0.15, -0.1) is 24.0 Å². The van der Waals surface area contributed by atoms with E-state index in [0.717, 1.165) is 30.4 Å². The van der Waals surface area contributed by atoms with Crippen molar-refractivity contribution in [2.75, 3.05) is 33.9 Å². The van der Waals surface area contributed by atoms with E-state index in [2.05, 4.69) is 22.5 Å². The van der Waals surface area contributed by atoms with Gasteiger partial charge in [0.05, 0.1) is 13.7 Å². The number of guanidine groups is 1. The Kier molecular flexibility index (Phi) is 10.9. The van der Waals surface area contributed by atoms with Crippen LogP contribution in [0.2, 0.25) is 0 Å². The van der Waals surface area contributed by atoms with Gasteiger partial charge < -0.3 is 20.1 Å². The molecule has 1 rings (SSSR count). The van der Waals surface area contributed by atoms with Crippen LogP contribution in [0.1, 0.15) is 13.3 Å². The summed E-state index contributed by atoms with van der Waals surface area (Å²) in [6.45, 7) is 4.32. The molecule has 0 aliphatic rings. The zero-order valence-electron chi connectivity index (χ0n) is 12.3. The lowest BCUT2D eigenvalue weighted by Gasteiger charge is -2.12. The van der Waals surface area contributed by atoms with Gasteiger partial charge in [-0.05, 0) is 30.7 Å². The Balaban J connectivity index is 0.00000361. The van der Waals surface area contributed by atoms with Crippen molar-refractivity contribution in [2.45, 2.75) is 13.3 Å². The minimum atomic E-state index is 0. The predicted octanol–water partition coefficient (Wildman–Crippen LogP) is 2.27. The number of rotatable bonds is 7. The number of aliphatic imine (C=N–C) groups is 1. The highest BCUT2D eigenvalue weighted by Gasteiger charge is 1.97. The molecule has 0 amide bonds. The summed E-state index contributed by atoms with van der Waals surface area (Å²) in [5, 5.41) is 6.39. The Labute approximate surface area is 138 Å². The Bertz CT molecular complexity index is 383. The molecule has 114 valence electrons. The minimum Gasteiger partial charge on any atom is -0.497 e. The van der Waals surface area contributed by atoms with Gasteiger partial charge in [0, 0.05) is 13.6 Å². The molecule has 6 heteroatoms.